The van der Waals surface area contributed by atoms with Crippen LogP contribution in [0, 0.1) is 0 Å². The number of amides is 1. The minimum absolute atomic E-state index is 0.126. The fraction of sp³-hybridized carbons (Fsp3) is 0.214. The number of carbonyl (C=O) groups is 2. The zero-order valence-electron chi connectivity index (χ0n) is 20.2. The second-order valence-electron chi connectivity index (χ2n) is 7.95. The molecular weight excluding hydrogens is 462 g/mol. The number of aliphatic hydroxyl groups is 1. The number of Topliss-reactive ketones (excluding diaryl/α,β-unsaturated/α-hetero) is 1. The quantitative estimate of drug-likeness (QED) is 0.265. The molecule has 0 saturated carbocycles. The van der Waals surface area contributed by atoms with Crippen LogP contribution in [0.25, 0.3) is 5.76 Å². The average Bonchev–Trinajstić information content (AvgIpc) is 3.15. The second kappa shape index (κ2) is 10.4. The molecule has 0 aliphatic carbocycles. The number of methoxy groups -OCH3 is 1. The summed E-state index contributed by atoms with van der Waals surface area (Å²) in [6.45, 7) is 4.40. The third-order valence-electron chi connectivity index (χ3n) is 5.84. The van der Waals surface area contributed by atoms with E-state index in [9.17, 15) is 19.8 Å². The smallest absolute Gasteiger partial charge is 0.300 e. The highest BCUT2D eigenvalue weighted by Gasteiger charge is 2.48. The van der Waals surface area contributed by atoms with Crippen LogP contribution in [0.1, 0.15) is 31.0 Å². The standard InChI is InChI=1S/C28H27NO7/c1-4-35-19-14-15-20(23(16-19)36-5-2)26(31)24-25(17-10-12-18(34-3)13-11-17)29(28(33)27(24)32)21-8-6-7-9-22(21)30/h6-16,25,30-31H,4-5H2,1-3H3/b26-24-. The normalized spacial score (nSPS) is 16.8. The minimum Gasteiger partial charge on any atom is -0.507 e. The summed E-state index contributed by atoms with van der Waals surface area (Å²) < 4.78 is 16.5. The van der Waals surface area contributed by atoms with Crippen LogP contribution in [-0.2, 0) is 9.59 Å². The molecule has 1 atom stereocenters. The molecular formula is C28H27NO7. The van der Waals surface area contributed by atoms with Crippen LogP contribution >= 0.6 is 0 Å². The SMILES string of the molecule is CCOc1ccc(/C(O)=C2/C(=O)C(=O)N(c3ccccc3O)C2c2ccc(OC)cc2)c(OCC)c1. The predicted molar refractivity (Wildman–Crippen MR) is 135 cm³/mol. The molecule has 3 aromatic carbocycles. The number of ketones is 1. The number of carbonyl (C=O) groups excluding carboxylic acids is 2. The highest BCUT2D eigenvalue weighted by atomic mass is 16.5. The van der Waals surface area contributed by atoms with Crippen molar-refractivity contribution < 1.29 is 34.0 Å². The molecule has 1 fully saturated rings. The lowest BCUT2D eigenvalue weighted by atomic mass is 9.94. The Kier molecular flexibility index (Phi) is 7.15. The lowest BCUT2D eigenvalue weighted by Crippen LogP contribution is -2.29. The molecule has 186 valence electrons. The molecule has 1 amide bonds. The van der Waals surface area contributed by atoms with Crippen LogP contribution in [0.4, 0.5) is 5.69 Å². The number of phenolic OH excluding ortho intramolecular Hbond substituents is 1. The maximum Gasteiger partial charge on any atom is 0.300 e. The van der Waals surface area contributed by atoms with Gasteiger partial charge in [-0.25, -0.2) is 0 Å². The van der Waals surface area contributed by atoms with E-state index in [2.05, 4.69) is 0 Å². The van der Waals surface area contributed by atoms with E-state index in [1.807, 2.05) is 6.92 Å². The van der Waals surface area contributed by atoms with Crippen LogP contribution in [-0.4, -0.2) is 42.2 Å². The van der Waals surface area contributed by atoms with Gasteiger partial charge in [0, 0.05) is 6.07 Å². The van der Waals surface area contributed by atoms with Crippen molar-refractivity contribution in [3.05, 3.63) is 83.4 Å². The van der Waals surface area contributed by atoms with E-state index in [1.54, 1.807) is 67.6 Å². The summed E-state index contributed by atoms with van der Waals surface area (Å²) >= 11 is 0. The van der Waals surface area contributed by atoms with Crippen molar-refractivity contribution >= 4 is 23.1 Å². The first-order valence-corrected chi connectivity index (χ1v) is 11.5. The summed E-state index contributed by atoms with van der Waals surface area (Å²) in [5.74, 6) is -0.881. The third-order valence-corrected chi connectivity index (χ3v) is 5.84. The van der Waals surface area contributed by atoms with Crippen LogP contribution in [0.5, 0.6) is 23.0 Å². The average molecular weight is 490 g/mol. The lowest BCUT2D eigenvalue weighted by molar-refractivity contribution is -0.132. The highest BCUT2D eigenvalue weighted by molar-refractivity contribution is 6.52. The van der Waals surface area contributed by atoms with Crippen molar-refractivity contribution in [2.45, 2.75) is 19.9 Å². The van der Waals surface area contributed by atoms with Crippen LogP contribution < -0.4 is 19.1 Å². The van der Waals surface area contributed by atoms with Gasteiger partial charge in [0.25, 0.3) is 11.7 Å². The fourth-order valence-electron chi connectivity index (χ4n) is 4.23. The molecule has 0 spiro atoms. The van der Waals surface area contributed by atoms with Gasteiger partial charge in [-0.05, 0) is 55.8 Å². The van der Waals surface area contributed by atoms with Crippen molar-refractivity contribution in [1.29, 1.82) is 0 Å². The Morgan fingerprint density at radius 3 is 2.22 bits per heavy atom. The molecule has 0 radical (unpaired) electrons. The number of hydrogen-bond donors (Lipinski definition) is 2. The maximum absolute atomic E-state index is 13.4. The Morgan fingerprint density at radius 1 is 0.917 bits per heavy atom. The summed E-state index contributed by atoms with van der Waals surface area (Å²) in [5, 5.41) is 22.0. The maximum atomic E-state index is 13.4. The van der Waals surface area contributed by atoms with Crippen LogP contribution in [0.3, 0.4) is 0 Å². The molecule has 1 heterocycles. The largest absolute Gasteiger partial charge is 0.507 e. The number of ether oxygens (including phenoxy) is 3. The molecule has 3 aromatic rings. The summed E-state index contributed by atoms with van der Waals surface area (Å²) in [4.78, 5) is 27.9. The Hall–Kier alpha value is -4.46. The van der Waals surface area contributed by atoms with Crippen molar-refractivity contribution in [3.63, 3.8) is 0 Å². The van der Waals surface area contributed by atoms with Crippen molar-refractivity contribution in [1.82, 2.24) is 0 Å². The van der Waals surface area contributed by atoms with Crippen molar-refractivity contribution in [2.75, 3.05) is 25.2 Å². The van der Waals surface area contributed by atoms with Crippen LogP contribution in [0.15, 0.2) is 72.3 Å². The number of anilines is 1. The van der Waals surface area contributed by atoms with Gasteiger partial charge < -0.3 is 24.4 Å². The Labute approximate surface area is 209 Å². The summed E-state index contributed by atoms with van der Waals surface area (Å²) in [5.41, 5.74) is 0.813. The van der Waals surface area contributed by atoms with Crippen molar-refractivity contribution in [3.8, 4) is 23.0 Å². The predicted octanol–water partition coefficient (Wildman–Crippen LogP) is 4.82. The first-order chi connectivity index (χ1) is 17.4. The summed E-state index contributed by atoms with van der Waals surface area (Å²) in [6.07, 6.45) is 0. The molecule has 2 N–H and O–H groups in total. The number of rotatable bonds is 8. The van der Waals surface area contributed by atoms with E-state index in [1.165, 1.54) is 18.1 Å². The van der Waals surface area contributed by atoms with Gasteiger partial charge in [0.2, 0.25) is 0 Å². The van der Waals surface area contributed by atoms with Gasteiger partial charge in [0.15, 0.2) is 0 Å². The van der Waals surface area contributed by atoms with E-state index in [0.29, 0.717) is 36.0 Å². The van der Waals surface area contributed by atoms with Gasteiger partial charge in [-0.15, -0.1) is 0 Å². The number of para-hydroxylation sites is 2. The van der Waals surface area contributed by atoms with Crippen molar-refractivity contribution in [2.24, 2.45) is 0 Å². The molecule has 1 aliphatic heterocycles. The third kappa shape index (κ3) is 4.45. The number of aromatic hydroxyl groups is 1. The number of phenols is 1. The van der Waals surface area contributed by atoms with E-state index >= 15 is 0 Å². The number of hydrogen-bond acceptors (Lipinski definition) is 7. The molecule has 0 bridgehead atoms. The van der Waals surface area contributed by atoms with E-state index < -0.39 is 23.5 Å². The van der Waals surface area contributed by atoms with E-state index in [0.717, 1.165) is 0 Å². The Bertz CT molecular complexity index is 1310. The Balaban J connectivity index is 1.95. The number of aliphatic hydroxyl groups excluding tert-OH is 1. The van der Waals surface area contributed by atoms with E-state index in [4.69, 9.17) is 14.2 Å². The summed E-state index contributed by atoms with van der Waals surface area (Å²) in [6, 6.07) is 16.9. The second-order valence-corrected chi connectivity index (χ2v) is 7.95. The molecule has 0 aromatic heterocycles. The first-order valence-electron chi connectivity index (χ1n) is 11.5. The monoisotopic (exact) mass is 489 g/mol. The summed E-state index contributed by atoms with van der Waals surface area (Å²) in [7, 11) is 1.53. The molecule has 1 unspecified atom stereocenters. The number of benzene rings is 3. The van der Waals surface area contributed by atoms with Gasteiger partial charge >= 0.3 is 0 Å². The fourth-order valence-corrected chi connectivity index (χ4v) is 4.23. The molecule has 36 heavy (non-hydrogen) atoms. The molecule has 1 aliphatic rings. The van der Waals surface area contributed by atoms with Gasteiger partial charge in [0.1, 0.15) is 28.8 Å². The molecule has 8 heteroatoms. The van der Waals surface area contributed by atoms with Gasteiger partial charge in [-0.1, -0.05) is 24.3 Å². The van der Waals surface area contributed by atoms with Gasteiger partial charge in [-0.3, -0.25) is 14.5 Å². The first kappa shape index (κ1) is 24.7. The van der Waals surface area contributed by atoms with Gasteiger partial charge in [0.05, 0.1) is 43.2 Å². The van der Waals surface area contributed by atoms with E-state index in [-0.39, 0.29) is 22.6 Å². The zero-order valence-corrected chi connectivity index (χ0v) is 20.2. The van der Waals surface area contributed by atoms with Crippen LogP contribution in [0.2, 0.25) is 0 Å². The molecule has 4 rings (SSSR count). The molecule has 1 saturated heterocycles. The molecule has 8 nitrogen and oxygen atoms in total. The number of nitrogens with zero attached hydrogens (tertiary/aromatic N) is 1. The topological polar surface area (TPSA) is 106 Å². The highest BCUT2D eigenvalue weighted by Crippen LogP contribution is 2.45. The van der Waals surface area contributed by atoms with Gasteiger partial charge in [-0.2, -0.15) is 0 Å². The Morgan fingerprint density at radius 2 is 1.58 bits per heavy atom. The lowest BCUT2D eigenvalue weighted by Gasteiger charge is -2.26. The minimum atomic E-state index is -1.01. The zero-order chi connectivity index (χ0) is 25.8.